The van der Waals surface area contributed by atoms with Crippen LogP contribution in [0, 0.1) is 0 Å². The lowest BCUT2D eigenvalue weighted by Gasteiger charge is -2.30. The highest BCUT2D eigenvalue weighted by molar-refractivity contribution is 7.80. The van der Waals surface area contributed by atoms with Gasteiger partial charge in [0.1, 0.15) is 18.1 Å². The van der Waals surface area contributed by atoms with Crippen LogP contribution in [0.4, 0.5) is 0 Å². The molecule has 0 fully saturated rings. The lowest BCUT2D eigenvalue weighted by atomic mass is 9.95. The van der Waals surface area contributed by atoms with Gasteiger partial charge in [-0.15, -0.1) is 0 Å². The van der Waals surface area contributed by atoms with Crippen molar-refractivity contribution in [3.8, 4) is 11.5 Å². The number of esters is 1. The lowest BCUT2D eigenvalue weighted by Crippen LogP contribution is -2.45. The molecule has 0 saturated carbocycles. The fourth-order valence-corrected chi connectivity index (χ4v) is 5.52. The van der Waals surface area contributed by atoms with Gasteiger partial charge in [0.25, 0.3) is 5.91 Å². The Morgan fingerprint density at radius 2 is 1.77 bits per heavy atom. The van der Waals surface area contributed by atoms with Gasteiger partial charge in [-0.05, 0) is 56.4 Å². The van der Waals surface area contributed by atoms with E-state index < -0.39 is 17.9 Å². The number of amides is 1. The summed E-state index contributed by atoms with van der Waals surface area (Å²) >= 11 is 30.1. The Hall–Kier alpha value is -3.54. The average molecular weight is 696 g/mol. The van der Waals surface area contributed by atoms with Gasteiger partial charge in [0.15, 0.2) is 11.7 Å². The largest absolute Gasteiger partial charge is 0.487 e. The molecule has 230 valence electrons. The normalized spacial score (nSPS) is 14.6. The minimum atomic E-state index is -0.658. The molecular formula is C30H26Cl4N4O5S. The van der Waals surface area contributed by atoms with Crippen molar-refractivity contribution in [1.82, 2.24) is 16.1 Å². The summed E-state index contributed by atoms with van der Waals surface area (Å²) in [7, 11) is 0. The maximum absolute atomic E-state index is 12.8. The summed E-state index contributed by atoms with van der Waals surface area (Å²) in [5.74, 6) is -0.397. The van der Waals surface area contributed by atoms with Crippen molar-refractivity contribution in [2.75, 3.05) is 13.2 Å². The Labute approximate surface area is 279 Å². The fourth-order valence-electron chi connectivity index (χ4n) is 4.22. The number of carbonyl (C=O) groups excluding carboxylic acids is 2. The molecule has 0 spiro atoms. The number of hydrogen-bond acceptors (Lipinski definition) is 7. The lowest BCUT2D eigenvalue weighted by molar-refractivity contribution is -0.139. The first-order chi connectivity index (χ1) is 21.1. The van der Waals surface area contributed by atoms with Gasteiger partial charge >= 0.3 is 5.97 Å². The summed E-state index contributed by atoms with van der Waals surface area (Å²) in [5, 5.41) is 11.9. The molecule has 1 aliphatic rings. The van der Waals surface area contributed by atoms with Crippen LogP contribution in [-0.2, 0) is 20.9 Å². The summed E-state index contributed by atoms with van der Waals surface area (Å²) in [4.78, 5) is 25.4. The van der Waals surface area contributed by atoms with Gasteiger partial charge in [0.05, 0.1) is 29.5 Å². The van der Waals surface area contributed by atoms with Crippen LogP contribution in [0.1, 0.15) is 36.6 Å². The molecule has 3 aromatic rings. The predicted octanol–water partition coefficient (Wildman–Crippen LogP) is 6.76. The molecule has 0 saturated heterocycles. The van der Waals surface area contributed by atoms with Crippen molar-refractivity contribution in [2.45, 2.75) is 26.5 Å². The number of benzene rings is 3. The number of nitrogens with zero attached hydrogens (tertiary/aromatic N) is 1. The number of para-hydroxylation sites is 1. The summed E-state index contributed by atoms with van der Waals surface area (Å²) in [6.07, 6.45) is 1.35. The SMILES string of the molecule is CCOC(=O)C1=C(C)NC(=S)N[C@H]1c1ccccc1OCC(=O)NN=Cc1cc(Cl)cc(Cl)c1OCc1ccc(Cl)cc1Cl. The number of allylic oxidation sites excluding steroid dienone is 1. The van der Waals surface area contributed by atoms with E-state index in [9.17, 15) is 9.59 Å². The zero-order valence-electron chi connectivity index (χ0n) is 23.4. The first-order valence-corrected chi connectivity index (χ1v) is 15.0. The van der Waals surface area contributed by atoms with Gasteiger partial charge in [-0.3, -0.25) is 4.79 Å². The minimum Gasteiger partial charge on any atom is -0.487 e. The number of hydrazone groups is 1. The third-order valence-electron chi connectivity index (χ3n) is 6.17. The van der Waals surface area contributed by atoms with Crippen LogP contribution in [0.15, 0.2) is 71.0 Å². The van der Waals surface area contributed by atoms with Gasteiger partial charge in [-0.25, -0.2) is 10.2 Å². The van der Waals surface area contributed by atoms with Gasteiger partial charge in [-0.2, -0.15) is 5.10 Å². The van der Waals surface area contributed by atoms with Crippen molar-refractivity contribution in [3.63, 3.8) is 0 Å². The molecule has 4 rings (SSSR count). The van der Waals surface area contributed by atoms with Gasteiger partial charge in [0, 0.05) is 37.5 Å². The Kier molecular flexibility index (Phi) is 11.7. The average Bonchev–Trinajstić information content (AvgIpc) is 2.96. The zero-order chi connectivity index (χ0) is 31.8. The molecule has 9 nitrogen and oxygen atoms in total. The van der Waals surface area contributed by atoms with E-state index in [2.05, 4.69) is 21.2 Å². The smallest absolute Gasteiger partial charge is 0.338 e. The Balaban J connectivity index is 1.44. The highest BCUT2D eigenvalue weighted by Gasteiger charge is 2.32. The summed E-state index contributed by atoms with van der Waals surface area (Å²) in [6, 6.07) is 14.5. The van der Waals surface area contributed by atoms with Crippen molar-refractivity contribution < 1.29 is 23.8 Å². The highest BCUT2D eigenvalue weighted by atomic mass is 35.5. The Morgan fingerprint density at radius 3 is 2.52 bits per heavy atom. The number of thiocarbonyl (C=S) groups is 1. The van der Waals surface area contributed by atoms with E-state index in [-0.39, 0.29) is 24.8 Å². The molecular weight excluding hydrogens is 670 g/mol. The molecule has 14 heteroatoms. The number of nitrogens with one attached hydrogen (secondary N) is 3. The Morgan fingerprint density at radius 1 is 1.02 bits per heavy atom. The molecule has 3 aromatic carbocycles. The molecule has 0 unspecified atom stereocenters. The number of carbonyl (C=O) groups is 2. The fraction of sp³-hybridized carbons (Fsp3) is 0.200. The van der Waals surface area contributed by atoms with Crippen LogP contribution in [0.2, 0.25) is 20.1 Å². The van der Waals surface area contributed by atoms with E-state index >= 15 is 0 Å². The zero-order valence-corrected chi connectivity index (χ0v) is 27.2. The summed E-state index contributed by atoms with van der Waals surface area (Å²) in [5.41, 5.74) is 5.01. The Bertz CT molecular complexity index is 1650. The monoisotopic (exact) mass is 694 g/mol. The second-order valence-corrected chi connectivity index (χ2v) is 11.3. The van der Waals surface area contributed by atoms with Crippen LogP contribution in [0.5, 0.6) is 11.5 Å². The molecule has 1 amide bonds. The molecule has 44 heavy (non-hydrogen) atoms. The van der Waals surface area contributed by atoms with Crippen LogP contribution in [-0.4, -0.2) is 36.4 Å². The third kappa shape index (κ3) is 8.55. The standard InChI is InChI=1S/C30H26Cl4N4O5S/c1-3-41-29(40)26-16(2)36-30(44)37-27(26)21-6-4-5-7-24(21)42-15-25(39)38-35-13-18-10-20(32)12-23(34)28(18)43-14-17-8-9-19(31)11-22(17)33/h4-13,27H,3,14-15H2,1-2H3,(H,38,39)(H2,36,37,44)/t27-/m0/s1. The van der Waals surface area contributed by atoms with E-state index in [1.54, 1.807) is 62.4 Å². The van der Waals surface area contributed by atoms with Crippen molar-refractivity contribution in [3.05, 3.63) is 103 Å². The van der Waals surface area contributed by atoms with Crippen LogP contribution >= 0.6 is 58.6 Å². The predicted molar refractivity (Wildman–Crippen MR) is 176 cm³/mol. The maximum atomic E-state index is 12.8. The molecule has 1 aliphatic heterocycles. The van der Waals surface area contributed by atoms with Gasteiger partial charge in [0.2, 0.25) is 0 Å². The van der Waals surface area contributed by atoms with Gasteiger partial charge in [-0.1, -0.05) is 70.7 Å². The first-order valence-electron chi connectivity index (χ1n) is 13.1. The molecule has 0 bridgehead atoms. The third-order valence-corrected chi connectivity index (χ3v) is 7.48. The molecule has 3 N–H and O–H groups in total. The van der Waals surface area contributed by atoms with Crippen molar-refractivity contribution >= 4 is 81.8 Å². The van der Waals surface area contributed by atoms with Crippen LogP contribution in [0.25, 0.3) is 0 Å². The van der Waals surface area contributed by atoms with Crippen molar-refractivity contribution in [2.24, 2.45) is 5.10 Å². The van der Waals surface area contributed by atoms with E-state index in [0.717, 1.165) is 0 Å². The molecule has 1 heterocycles. The summed E-state index contributed by atoms with van der Waals surface area (Å²) < 4.78 is 17.0. The van der Waals surface area contributed by atoms with E-state index in [1.807, 2.05) is 0 Å². The number of hydrogen-bond donors (Lipinski definition) is 3. The van der Waals surface area contributed by atoms with Crippen LogP contribution in [0.3, 0.4) is 0 Å². The number of rotatable bonds is 11. The molecule has 0 aliphatic carbocycles. The van der Waals surface area contributed by atoms with E-state index in [4.69, 9.17) is 72.8 Å². The quantitative estimate of drug-likeness (QED) is 0.0874. The second-order valence-electron chi connectivity index (χ2n) is 9.24. The summed E-state index contributed by atoms with van der Waals surface area (Å²) in [6.45, 7) is 3.38. The molecule has 1 atom stereocenters. The maximum Gasteiger partial charge on any atom is 0.338 e. The molecule has 0 radical (unpaired) electrons. The van der Waals surface area contributed by atoms with E-state index in [1.165, 1.54) is 12.3 Å². The van der Waals surface area contributed by atoms with Gasteiger partial charge < -0.3 is 24.8 Å². The van der Waals surface area contributed by atoms with E-state index in [0.29, 0.717) is 59.6 Å². The number of ether oxygens (including phenoxy) is 3. The molecule has 0 aromatic heterocycles. The van der Waals surface area contributed by atoms with Crippen LogP contribution < -0.4 is 25.5 Å². The number of halogens is 4. The van der Waals surface area contributed by atoms with Crippen molar-refractivity contribution in [1.29, 1.82) is 0 Å². The second kappa shape index (κ2) is 15.5. The first kappa shape index (κ1) is 33.4. The topological polar surface area (TPSA) is 110 Å². The highest BCUT2D eigenvalue weighted by Crippen LogP contribution is 2.34. The minimum absolute atomic E-state index is 0.0982.